The molecule has 0 amide bonds. The quantitative estimate of drug-likeness (QED) is 0.145. The van der Waals surface area contributed by atoms with E-state index in [0.29, 0.717) is 17.3 Å². The molecule has 2 heterocycles. The minimum atomic E-state index is -5.08. The molecule has 0 aliphatic carbocycles. The van der Waals surface area contributed by atoms with Gasteiger partial charge in [0.1, 0.15) is 5.82 Å². The average Bonchev–Trinajstić information content (AvgIpc) is 3.30. The first-order chi connectivity index (χ1) is 22.3. The minimum Gasteiger partial charge on any atom is -0.475 e. The fourth-order valence-corrected chi connectivity index (χ4v) is 5.12. The molecule has 5 rings (SSSR count). The van der Waals surface area contributed by atoms with E-state index < -0.39 is 22.2 Å². The number of nitrogens with two attached hydrogens (primary N) is 1. The SMILES string of the molecule is CN(c1ccc2c(c1)nc(Nc1ccc(C(C)(C)C)cc1)n2C)c1ccnc(Nc2ccc(CS(N)(=O)=O)cc2)n1.O=C(O)C(F)(F)F. The molecule has 48 heavy (non-hydrogen) atoms. The average molecular weight is 685 g/mol. The summed E-state index contributed by atoms with van der Waals surface area (Å²) in [6, 6.07) is 23.3. The highest BCUT2D eigenvalue weighted by atomic mass is 32.2. The number of carboxylic acids is 1. The topological polar surface area (TPSA) is 168 Å². The summed E-state index contributed by atoms with van der Waals surface area (Å²) in [5.41, 5.74) is 6.48. The van der Waals surface area contributed by atoms with E-state index in [1.807, 2.05) is 47.8 Å². The van der Waals surface area contributed by atoms with Crippen molar-refractivity contribution in [3.05, 3.63) is 90.1 Å². The molecule has 2 aromatic heterocycles. The zero-order valence-corrected chi connectivity index (χ0v) is 27.6. The van der Waals surface area contributed by atoms with Gasteiger partial charge in [-0.15, -0.1) is 0 Å². The van der Waals surface area contributed by atoms with Crippen molar-refractivity contribution in [3.8, 4) is 0 Å². The smallest absolute Gasteiger partial charge is 0.475 e. The minimum absolute atomic E-state index is 0.0999. The van der Waals surface area contributed by atoms with Crippen LogP contribution in [-0.4, -0.2) is 52.2 Å². The number of halogens is 3. The molecule has 5 N–H and O–H groups in total. The normalized spacial score (nSPS) is 11.9. The van der Waals surface area contributed by atoms with Gasteiger partial charge in [-0.2, -0.15) is 18.2 Å². The van der Waals surface area contributed by atoms with Gasteiger partial charge in [0.2, 0.25) is 21.9 Å². The van der Waals surface area contributed by atoms with E-state index in [0.717, 1.165) is 34.0 Å². The highest BCUT2D eigenvalue weighted by Gasteiger charge is 2.38. The Morgan fingerprint density at radius 1 is 0.938 bits per heavy atom. The van der Waals surface area contributed by atoms with E-state index in [2.05, 4.69) is 65.6 Å². The molecule has 254 valence electrons. The Morgan fingerprint density at radius 3 is 2.08 bits per heavy atom. The molecule has 0 unspecified atom stereocenters. The maximum absolute atomic E-state index is 11.3. The van der Waals surface area contributed by atoms with Crippen LogP contribution < -0.4 is 20.7 Å². The zero-order chi connectivity index (χ0) is 35.4. The predicted molar refractivity (Wildman–Crippen MR) is 179 cm³/mol. The molecule has 0 radical (unpaired) electrons. The number of carbonyl (C=O) groups is 1. The molecule has 12 nitrogen and oxygen atoms in total. The van der Waals surface area contributed by atoms with Crippen LogP contribution in [0.3, 0.4) is 0 Å². The summed E-state index contributed by atoms with van der Waals surface area (Å²) < 4.78 is 56.4. The highest BCUT2D eigenvalue weighted by molar-refractivity contribution is 7.88. The summed E-state index contributed by atoms with van der Waals surface area (Å²) in [4.78, 5) is 24.7. The lowest BCUT2D eigenvalue weighted by Gasteiger charge is -2.19. The molecule has 0 saturated carbocycles. The van der Waals surface area contributed by atoms with Gasteiger partial charge in [-0.25, -0.2) is 28.3 Å². The molecule has 0 atom stereocenters. The lowest BCUT2D eigenvalue weighted by atomic mass is 9.87. The van der Waals surface area contributed by atoms with E-state index in [-0.39, 0.29) is 11.2 Å². The highest BCUT2D eigenvalue weighted by Crippen LogP contribution is 2.30. The van der Waals surface area contributed by atoms with Gasteiger partial charge in [-0.05, 0) is 65.1 Å². The summed E-state index contributed by atoms with van der Waals surface area (Å²) in [5, 5.41) is 18.9. The van der Waals surface area contributed by atoms with Crippen LogP contribution in [0.15, 0.2) is 79.0 Å². The molecule has 0 aliphatic rings. The third kappa shape index (κ3) is 9.42. The lowest BCUT2D eigenvalue weighted by molar-refractivity contribution is -0.192. The summed E-state index contributed by atoms with van der Waals surface area (Å²) in [5.74, 6) is -1.11. The Balaban J connectivity index is 0.000000671. The largest absolute Gasteiger partial charge is 0.490 e. The van der Waals surface area contributed by atoms with Gasteiger partial charge >= 0.3 is 12.1 Å². The van der Waals surface area contributed by atoms with Crippen molar-refractivity contribution in [2.24, 2.45) is 12.2 Å². The zero-order valence-electron chi connectivity index (χ0n) is 26.7. The number of carboxylic acid groups (broad SMARTS) is 1. The van der Waals surface area contributed by atoms with Gasteiger partial charge in [0.15, 0.2) is 0 Å². The van der Waals surface area contributed by atoms with E-state index in [9.17, 15) is 21.6 Å². The monoisotopic (exact) mass is 684 g/mol. The number of anilines is 6. The third-order valence-corrected chi connectivity index (χ3v) is 7.80. The van der Waals surface area contributed by atoms with Gasteiger partial charge in [0, 0.05) is 37.4 Å². The van der Waals surface area contributed by atoms with Crippen LogP contribution in [0.4, 0.5) is 47.9 Å². The van der Waals surface area contributed by atoms with Crippen LogP contribution in [-0.2, 0) is 33.0 Å². The van der Waals surface area contributed by atoms with Crippen molar-refractivity contribution < 1.29 is 31.5 Å². The first-order valence-electron chi connectivity index (χ1n) is 14.4. The molecule has 0 aliphatic heterocycles. The van der Waals surface area contributed by atoms with Crippen molar-refractivity contribution in [1.82, 2.24) is 19.5 Å². The number of hydrogen-bond acceptors (Lipinski definition) is 9. The summed E-state index contributed by atoms with van der Waals surface area (Å²) in [6.45, 7) is 6.61. The van der Waals surface area contributed by atoms with Crippen molar-refractivity contribution in [2.75, 3.05) is 22.6 Å². The number of aryl methyl sites for hydroxylation is 1. The van der Waals surface area contributed by atoms with E-state index >= 15 is 0 Å². The predicted octanol–water partition coefficient (Wildman–Crippen LogP) is 6.34. The second-order valence-corrected chi connectivity index (χ2v) is 13.5. The Morgan fingerprint density at radius 2 is 1.52 bits per heavy atom. The molecular formula is C32H35F3N8O4S. The Bertz CT molecular complexity index is 2010. The fourth-order valence-electron chi connectivity index (χ4n) is 4.47. The molecule has 0 saturated heterocycles. The van der Waals surface area contributed by atoms with E-state index in [1.54, 1.807) is 30.5 Å². The van der Waals surface area contributed by atoms with Crippen LogP contribution in [0.1, 0.15) is 31.9 Å². The first kappa shape index (κ1) is 35.6. The summed E-state index contributed by atoms with van der Waals surface area (Å²) >= 11 is 0. The number of imidazole rings is 1. The summed E-state index contributed by atoms with van der Waals surface area (Å²) in [7, 11) is 0.347. The second-order valence-electron chi connectivity index (χ2n) is 11.8. The van der Waals surface area contributed by atoms with Crippen LogP contribution in [0, 0.1) is 0 Å². The Labute approximate surface area is 275 Å². The van der Waals surface area contributed by atoms with Gasteiger partial charge in [0.05, 0.1) is 16.8 Å². The number of hydrogen-bond donors (Lipinski definition) is 4. The molecule has 0 fully saturated rings. The van der Waals surface area contributed by atoms with Crippen LogP contribution in [0.25, 0.3) is 11.0 Å². The Kier molecular flexibility index (Phi) is 10.3. The van der Waals surface area contributed by atoms with Gasteiger partial charge in [0.25, 0.3) is 0 Å². The van der Waals surface area contributed by atoms with Crippen LogP contribution in [0.5, 0.6) is 0 Å². The number of primary sulfonamides is 1. The van der Waals surface area contributed by atoms with E-state index in [1.165, 1.54) is 5.56 Å². The van der Waals surface area contributed by atoms with Gasteiger partial charge in [-0.1, -0.05) is 45.0 Å². The lowest BCUT2D eigenvalue weighted by Crippen LogP contribution is -2.21. The molecule has 5 aromatic rings. The van der Waals surface area contributed by atoms with Crippen LogP contribution >= 0.6 is 0 Å². The maximum atomic E-state index is 11.3. The third-order valence-electron chi connectivity index (χ3n) is 7.06. The van der Waals surface area contributed by atoms with Gasteiger partial charge in [-0.3, -0.25) is 0 Å². The molecule has 0 spiro atoms. The number of sulfonamides is 1. The van der Waals surface area contributed by atoms with E-state index in [4.69, 9.17) is 20.0 Å². The van der Waals surface area contributed by atoms with Crippen molar-refractivity contribution in [3.63, 3.8) is 0 Å². The van der Waals surface area contributed by atoms with Crippen LogP contribution in [0.2, 0.25) is 0 Å². The van der Waals surface area contributed by atoms with Crippen molar-refractivity contribution >= 4 is 61.8 Å². The maximum Gasteiger partial charge on any atom is 0.490 e. The summed E-state index contributed by atoms with van der Waals surface area (Å²) in [6.07, 6.45) is -3.40. The number of fused-ring (bicyclic) bond motifs is 1. The fraction of sp³-hybridized carbons (Fsp3) is 0.250. The number of benzene rings is 3. The first-order valence-corrected chi connectivity index (χ1v) is 16.1. The second kappa shape index (κ2) is 13.9. The Hall–Kier alpha value is -5.22. The standard InChI is InChI=1S/C30H34N8O2S.C2HF3O2/c1-30(2,3)21-8-12-23(13-9-21)34-29-35-25-18-24(14-15-26(25)38(29)5)37(4)27-16-17-32-28(36-27)33-22-10-6-20(7-11-22)19-41(31,39)40;3-2(4,5)1(6)7/h6-18H,19H2,1-5H3,(H,34,35)(H2,31,39,40)(H,32,33,36);(H,6,7). The number of aromatic nitrogens is 4. The number of alkyl halides is 3. The number of nitrogens with zero attached hydrogens (tertiary/aromatic N) is 5. The van der Waals surface area contributed by atoms with Crippen molar-refractivity contribution in [2.45, 2.75) is 38.1 Å². The molecule has 0 bridgehead atoms. The van der Waals surface area contributed by atoms with Crippen molar-refractivity contribution in [1.29, 1.82) is 0 Å². The molecule has 16 heteroatoms. The number of nitrogens with one attached hydrogen (secondary N) is 2. The molecular weight excluding hydrogens is 649 g/mol. The number of aliphatic carboxylic acids is 1. The number of rotatable bonds is 8. The van der Waals surface area contributed by atoms with Gasteiger partial charge < -0.3 is 25.2 Å². The molecule has 3 aromatic carbocycles.